The zero-order valence-corrected chi connectivity index (χ0v) is 9.91. The van der Waals surface area contributed by atoms with Gasteiger partial charge < -0.3 is 14.8 Å². The van der Waals surface area contributed by atoms with Crippen LogP contribution in [-0.4, -0.2) is 56.1 Å². The van der Waals surface area contributed by atoms with Gasteiger partial charge in [-0.3, -0.25) is 4.90 Å². The number of nitrogens with one attached hydrogen (secondary N) is 1. The first kappa shape index (κ1) is 11.0. The van der Waals surface area contributed by atoms with E-state index in [1.54, 1.807) is 0 Å². The lowest BCUT2D eigenvalue weighted by molar-refractivity contribution is -0.184. The summed E-state index contributed by atoms with van der Waals surface area (Å²) >= 11 is 0. The summed E-state index contributed by atoms with van der Waals surface area (Å²) in [6.45, 7) is 6.29. The van der Waals surface area contributed by atoms with Crippen molar-refractivity contribution >= 4 is 0 Å². The fraction of sp³-hybridized carbons (Fsp3) is 1.00. The van der Waals surface area contributed by atoms with Crippen molar-refractivity contribution in [2.75, 3.05) is 39.4 Å². The summed E-state index contributed by atoms with van der Waals surface area (Å²) in [7, 11) is 0. The fourth-order valence-corrected chi connectivity index (χ4v) is 3.24. The second kappa shape index (κ2) is 4.61. The van der Waals surface area contributed by atoms with Gasteiger partial charge >= 0.3 is 0 Å². The molecule has 92 valence electrons. The van der Waals surface area contributed by atoms with Gasteiger partial charge in [0.2, 0.25) is 0 Å². The molecule has 0 aromatic heterocycles. The molecular formula is C12H22N2O2. The summed E-state index contributed by atoms with van der Waals surface area (Å²) in [6.07, 6.45) is 4.64. The number of ether oxygens (including phenoxy) is 2. The largest absolute Gasteiger partial charge is 0.348 e. The second-order valence-corrected chi connectivity index (χ2v) is 5.12. The molecule has 0 atom stereocenters. The monoisotopic (exact) mass is 226 g/mol. The maximum atomic E-state index is 5.76. The van der Waals surface area contributed by atoms with E-state index in [-0.39, 0.29) is 5.79 Å². The molecule has 3 fully saturated rings. The Morgan fingerprint density at radius 2 is 1.62 bits per heavy atom. The van der Waals surface area contributed by atoms with Gasteiger partial charge in [0, 0.05) is 45.1 Å². The van der Waals surface area contributed by atoms with Crippen molar-refractivity contribution in [2.24, 2.45) is 0 Å². The maximum Gasteiger partial charge on any atom is 0.168 e. The van der Waals surface area contributed by atoms with Crippen LogP contribution in [0, 0.1) is 0 Å². The number of rotatable bonds is 1. The first-order chi connectivity index (χ1) is 7.88. The Kier molecular flexibility index (Phi) is 3.16. The molecule has 0 aromatic carbocycles. The minimum absolute atomic E-state index is 0.190. The molecule has 3 rings (SSSR count). The van der Waals surface area contributed by atoms with Gasteiger partial charge in [-0.05, 0) is 12.8 Å². The van der Waals surface area contributed by atoms with Crippen molar-refractivity contribution in [1.82, 2.24) is 10.2 Å². The third-order valence-corrected chi connectivity index (χ3v) is 4.20. The molecule has 1 spiro atoms. The Bertz CT molecular complexity index is 225. The smallest absolute Gasteiger partial charge is 0.168 e. The summed E-state index contributed by atoms with van der Waals surface area (Å²) in [4.78, 5) is 2.64. The molecule has 0 amide bonds. The van der Waals surface area contributed by atoms with Gasteiger partial charge in [0.15, 0.2) is 5.79 Å². The molecule has 1 saturated carbocycles. The number of hydrogen-bond donors (Lipinski definition) is 1. The van der Waals surface area contributed by atoms with Crippen LogP contribution in [0.5, 0.6) is 0 Å². The molecule has 1 aliphatic carbocycles. The van der Waals surface area contributed by atoms with E-state index in [0.29, 0.717) is 0 Å². The van der Waals surface area contributed by atoms with E-state index in [1.165, 1.54) is 25.9 Å². The van der Waals surface area contributed by atoms with Gasteiger partial charge in [-0.15, -0.1) is 0 Å². The molecule has 0 bridgehead atoms. The SMILES string of the molecule is C1CN(C2CCC3(CC2)OCCO3)CCN1. The second-order valence-electron chi connectivity index (χ2n) is 5.12. The summed E-state index contributed by atoms with van der Waals surface area (Å²) in [6, 6.07) is 0.764. The van der Waals surface area contributed by atoms with Crippen LogP contribution in [0.2, 0.25) is 0 Å². The minimum Gasteiger partial charge on any atom is -0.348 e. The summed E-state index contributed by atoms with van der Waals surface area (Å²) < 4.78 is 11.5. The van der Waals surface area contributed by atoms with Crippen molar-refractivity contribution < 1.29 is 9.47 Å². The van der Waals surface area contributed by atoms with Crippen LogP contribution in [-0.2, 0) is 9.47 Å². The molecule has 16 heavy (non-hydrogen) atoms. The highest BCUT2D eigenvalue weighted by Gasteiger charge is 2.41. The van der Waals surface area contributed by atoms with E-state index >= 15 is 0 Å². The zero-order chi connectivity index (χ0) is 10.8. The highest BCUT2D eigenvalue weighted by atomic mass is 16.7. The van der Waals surface area contributed by atoms with Crippen molar-refractivity contribution in [2.45, 2.75) is 37.5 Å². The maximum absolute atomic E-state index is 5.76. The highest BCUT2D eigenvalue weighted by Crippen LogP contribution is 2.37. The summed E-state index contributed by atoms with van der Waals surface area (Å²) in [5, 5.41) is 3.41. The fourth-order valence-electron chi connectivity index (χ4n) is 3.24. The van der Waals surface area contributed by atoms with Crippen molar-refractivity contribution in [3.05, 3.63) is 0 Å². The first-order valence-corrected chi connectivity index (χ1v) is 6.61. The zero-order valence-electron chi connectivity index (χ0n) is 9.91. The quantitative estimate of drug-likeness (QED) is 0.709. The molecule has 4 heteroatoms. The lowest BCUT2D eigenvalue weighted by Gasteiger charge is -2.41. The molecule has 1 N–H and O–H groups in total. The molecule has 0 radical (unpaired) electrons. The van der Waals surface area contributed by atoms with Gasteiger partial charge in [-0.1, -0.05) is 0 Å². The molecule has 2 heterocycles. The number of piperazine rings is 1. The topological polar surface area (TPSA) is 33.7 Å². The van der Waals surface area contributed by atoms with Gasteiger partial charge in [-0.2, -0.15) is 0 Å². The standard InChI is InChI=1S/C12H22N2O2/c1-3-12(15-9-10-16-12)4-2-11(1)14-7-5-13-6-8-14/h11,13H,1-10H2. The van der Waals surface area contributed by atoms with Crippen LogP contribution < -0.4 is 5.32 Å². The minimum atomic E-state index is -0.190. The van der Waals surface area contributed by atoms with Crippen LogP contribution in [0.4, 0.5) is 0 Å². The van der Waals surface area contributed by atoms with Crippen molar-refractivity contribution in [3.8, 4) is 0 Å². The lowest BCUT2D eigenvalue weighted by atomic mass is 9.89. The van der Waals surface area contributed by atoms with Gasteiger partial charge in [0.05, 0.1) is 13.2 Å². The van der Waals surface area contributed by atoms with Crippen LogP contribution >= 0.6 is 0 Å². The Hall–Kier alpha value is -0.160. The van der Waals surface area contributed by atoms with Crippen LogP contribution in [0.25, 0.3) is 0 Å². The Morgan fingerprint density at radius 3 is 2.25 bits per heavy atom. The summed E-state index contributed by atoms with van der Waals surface area (Å²) in [5.74, 6) is -0.190. The lowest BCUT2D eigenvalue weighted by Crippen LogP contribution is -2.51. The van der Waals surface area contributed by atoms with Crippen molar-refractivity contribution in [1.29, 1.82) is 0 Å². The van der Waals surface area contributed by atoms with Gasteiger partial charge in [-0.25, -0.2) is 0 Å². The predicted molar refractivity (Wildman–Crippen MR) is 61.3 cm³/mol. The van der Waals surface area contributed by atoms with E-state index in [1.807, 2.05) is 0 Å². The molecule has 4 nitrogen and oxygen atoms in total. The van der Waals surface area contributed by atoms with E-state index in [9.17, 15) is 0 Å². The molecular weight excluding hydrogens is 204 g/mol. The van der Waals surface area contributed by atoms with Crippen LogP contribution in [0.1, 0.15) is 25.7 Å². The first-order valence-electron chi connectivity index (χ1n) is 6.61. The molecule has 2 aliphatic heterocycles. The van der Waals surface area contributed by atoms with Crippen molar-refractivity contribution in [3.63, 3.8) is 0 Å². The van der Waals surface area contributed by atoms with Gasteiger partial charge in [0.25, 0.3) is 0 Å². The molecule has 2 saturated heterocycles. The van der Waals surface area contributed by atoms with Crippen LogP contribution in [0.3, 0.4) is 0 Å². The predicted octanol–water partition coefficient (Wildman–Crippen LogP) is 0.577. The van der Waals surface area contributed by atoms with Gasteiger partial charge in [0.1, 0.15) is 0 Å². The highest BCUT2D eigenvalue weighted by molar-refractivity contribution is 4.87. The molecule has 0 unspecified atom stereocenters. The average Bonchev–Trinajstić information content (AvgIpc) is 2.80. The Morgan fingerprint density at radius 1 is 1.00 bits per heavy atom. The normalized spacial score (nSPS) is 32.2. The van der Waals surface area contributed by atoms with E-state index in [4.69, 9.17) is 9.47 Å². The third kappa shape index (κ3) is 2.12. The summed E-state index contributed by atoms with van der Waals surface area (Å²) in [5.41, 5.74) is 0. The Labute approximate surface area is 97.3 Å². The van der Waals surface area contributed by atoms with E-state index < -0.39 is 0 Å². The van der Waals surface area contributed by atoms with Crippen LogP contribution in [0.15, 0.2) is 0 Å². The average molecular weight is 226 g/mol. The van der Waals surface area contributed by atoms with E-state index in [0.717, 1.165) is 45.2 Å². The molecule has 0 aromatic rings. The number of hydrogen-bond acceptors (Lipinski definition) is 4. The molecule has 3 aliphatic rings. The Balaban J connectivity index is 1.53. The van der Waals surface area contributed by atoms with E-state index in [2.05, 4.69) is 10.2 Å². The number of nitrogens with zero attached hydrogens (tertiary/aromatic N) is 1. The third-order valence-electron chi connectivity index (χ3n) is 4.20.